The molecule has 2 fully saturated rings. The molecule has 2 aliphatic heterocycles. The van der Waals surface area contributed by atoms with Gasteiger partial charge >= 0.3 is 0 Å². The Kier molecular flexibility index (Phi) is 4.16. The molecule has 1 spiro atoms. The first kappa shape index (κ1) is 15.5. The van der Waals surface area contributed by atoms with Crippen LogP contribution in [0.5, 0.6) is 0 Å². The Morgan fingerprint density at radius 3 is 3.17 bits per heavy atom. The minimum atomic E-state index is -0.0241. The lowest BCUT2D eigenvalue weighted by Crippen LogP contribution is -2.33. The van der Waals surface area contributed by atoms with E-state index < -0.39 is 0 Å². The molecule has 1 N–H and O–H groups in total. The summed E-state index contributed by atoms with van der Waals surface area (Å²) in [6, 6.07) is 6.53. The first-order valence-corrected chi connectivity index (χ1v) is 8.52. The highest BCUT2D eigenvalue weighted by Crippen LogP contribution is 2.36. The van der Waals surface area contributed by atoms with Gasteiger partial charge in [-0.15, -0.1) is 0 Å². The maximum atomic E-state index is 6.21. The number of nitrogens with one attached hydrogen (secondary N) is 1. The zero-order chi connectivity index (χ0) is 16.4. The molecule has 0 radical (unpaired) electrons. The fourth-order valence-electron chi connectivity index (χ4n) is 3.78. The van der Waals surface area contributed by atoms with Crippen molar-refractivity contribution < 1.29 is 4.74 Å². The smallest absolute Gasteiger partial charge is 0.144 e. The van der Waals surface area contributed by atoms with E-state index in [4.69, 9.17) is 4.74 Å². The summed E-state index contributed by atoms with van der Waals surface area (Å²) in [7, 11) is 0. The van der Waals surface area contributed by atoms with E-state index in [-0.39, 0.29) is 5.60 Å². The highest BCUT2D eigenvalue weighted by atomic mass is 16.5. The minimum Gasteiger partial charge on any atom is -0.371 e. The average Bonchev–Trinajstić information content (AvgIpc) is 3.15. The number of likely N-dealkylation sites (tertiary alicyclic amines) is 1. The van der Waals surface area contributed by atoms with Crippen molar-refractivity contribution in [1.29, 1.82) is 0 Å². The second kappa shape index (κ2) is 6.45. The van der Waals surface area contributed by atoms with Crippen LogP contribution in [0.1, 0.15) is 24.2 Å². The molecule has 0 aliphatic carbocycles. The Labute approximate surface area is 142 Å². The number of hydrogen-bond acceptors (Lipinski definition) is 6. The number of nitrogens with zero attached hydrogens (tertiary/aromatic N) is 4. The molecule has 2 aromatic rings. The molecule has 2 atom stereocenters. The maximum Gasteiger partial charge on any atom is 0.144 e. The first-order chi connectivity index (χ1) is 11.7. The lowest BCUT2D eigenvalue weighted by Gasteiger charge is -2.23. The Morgan fingerprint density at radius 1 is 1.38 bits per heavy atom. The van der Waals surface area contributed by atoms with Gasteiger partial charge in [0.05, 0.1) is 30.1 Å². The second-order valence-corrected chi connectivity index (χ2v) is 6.86. The summed E-state index contributed by atoms with van der Waals surface area (Å²) < 4.78 is 6.21. The first-order valence-electron chi connectivity index (χ1n) is 8.52. The van der Waals surface area contributed by atoms with Crippen molar-refractivity contribution in [3.05, 3.63) is 48.2 Å². The normalized spacial score (nSPS) is 27.0. The molecule has 0 amide bonds. The zero-order valence-electron chi connectivity index (χ0n) is 14.0. The molecule has 0 saturated carbocycles. The van der Waals surface area contributed by atoms with E-state index in [0.717, 1.165) is 56.3 Å². The molecule has 2 aromatic heterocycles. The monoisotopic (exact) mass is 325 g/mol. The van der Waals surface area contributed by atoms with Gasteiger partial charge < -0.3 is 10.1 Å². The summed E-state index contributed by atoms with van der Waals surface area (Å²) >= 11 is 0. The zero-order valence-corrected chi connectivity index (χ0v) is 14.0. The van der Waals surface area contributed by atoms with E-state index in [0.29, 0.717) is 6.04 Å². The molecule has 2 saturated heterocycles. The largest absolute Gasteiger partial charge is 0.371 e. The molecule has 24 heavy (non-hydrogen) atoms. The molecule has 6 nitrogen and oxygen atoms in total. The van der Waals surface area contributed by atoms with Crippen LogP contribution in [-0.4, -0.2) is 51.2 Å². The molecular weight excluding hydrogens is 302 g/mol. The maximum absolute atomic E-state index is 6.21. The van der Waals surface area contributed by atoms with Crippen LogP contribution in [0.2, 0.25) is 0 Å². The van der Waals surface area contributed by atoms with Crippen LogP contribution in [0.3, 0.4) is 0 Å². The van der Waals surface area contributed by atoms with E-state index in [2.05, 4.69) is 37.3 Å². The Morgan fingerprint density at radius 2 is 2.33 bits per heavy atom. The summed E-state index contributed by atoms with van der Waals surface area (Å²) in [4.78, 5) is 15.5. The van der Waals surface area contributed by atoms with Crippen molar-refractivity contribution in [2.75, 3.05) is 25.0 Å². The van der Waals surface area contributed by atoms with Crippen LogP contribution < -0.4 is 5.32 Å². The van der Waals surface area contributed by atoms with E-state index in [9.17, 15) is 0 Å². The van der Waals surface area contributed by atoms with Crippen LogP contribution in [-0.2, 0) is 11.3 Å². The molecular formula is C18H23N5O. The number of anilines is 1. The molecule has 0 aromatic carbocycles. The van der Waals surface area contributed by atoms with Gasteiger partial charge in [0.15, 0.2) is 0 Å². The van der Waals surface area contributed by atoms with Gasteiger partial charge in [-0.1, -0.05) is 6.07 Å². The van der Waals surface area contributed by atoms with E-state index in [1.807, 2.05) is 13.0 Å². The predicted octanol–water partition coefficient (Wildman–Crippen LogP) is 2.03. The third-order valence-electron chi connectivity index (χ3n) is 4.85. The molecule has 126 valence electrons. The fraction of sp³-hybridized carbons (Fsp3) is 0.500. The Bertz CT molecular complexity index is 695. The Hall–Kier alpha value is -2.05. The van der Waals surface area contributed by atoms with Crippen LogP contribution in [0.4, 0.5) is 5.82 Å². The highest BCUT2D eigenvalue weighted by Gasteiger charge is 2.45. The molecule has 2 aliphatic rings. The number of rotatable bonds is 4. The lowest BCUT2D eigenvalue weighted by molar-refractivity contribution is 0.0119. The molecule has 4 heterocycles. The average molecular weight is 325 g/mol. The predicted molar refractivity (Wildman–Crippen MR) is 91.6 cm³/mol. The number of pyridine rings is 1. The van der Waals surface area contributed by atoms with Gasteiger partial charge in [0.1, 0.15) is 5.82 Å². The summed E-state index contributed by atoms with van der Waals surface area (Å²) in [5, 5.41) is 3.43. The number of ether oxygens (including phenoxy) is 1. The topological polar surface area (TPSA) is 63.2 Å². The van der Waals surface area contributed by atoms with Crippen LogP contribution in [0, 0.1) is 6.92 Å². The van der Waals surface area contributed by atoms with Gasteiger partial charge in [-0.2, -0.15) is 0 Å². The SMILES string of the molecule is Cc1cccc(CN2CCC3(CC(Nc4cnccn4)CO3)C2)n1. The summed E-state index contributed by atoms with van der Waals surface area (Å²) in [6.45, 7) is 5.70. The van der Waals surface area contributed by atoms with E-state index in [1.165, 1.54) is 0 Å². The van der Waals surface area contributed by atoms with Gasteiger partial charge in [0.25, 0.3) is 0 Å². The van der Waals surface area contributed by atoms with E-state index >= 15 is 0 Å². The standard InChI is InChI=1S/C18H23N5O/c1-14-3-2-4-15(21-14)11-23-8-5-18(13-23)9-16(12-24-18)22-17-10-19-6-7-20-17/h2-4,6-7,10,16H,5,8-9,11-13H2,1H3,(H,20,22). The van der Waals surface area contributed by atoms with Crippen molar-refractivity contribution >= 4 is 5.82 Å². The van der Waals surface area contributed by atoms with Gasteiger partial charge in [0, 0.05) is 44.1 Å². The highest BCUT2D eigenvalue weighted by molar-refractivity contribution is 5.32. The molecule has 0 bridgehead atoms. The molecule has 2 unspecified atom stereocenters. The minimum absolute atomic E-state index is 0.0241. The van der Waals surface area contributed by atoms with Crippen molar-refractivity contribution in [2.45, 2.75) is 38.0 Å². The van der Waals surface area contributed by atoms with Crippen LogP contribution >= 0.6 is 0 Å². The van der Waals surface area contributed by atoms with Crippen molar-refractivity contribution in [3.8, 4) is 0 Å². The second-order valence-electron chi connectivity index (χ2n) is 6.86. The van der Waals surface area contributed by atoms with Gasteiger partial charge in [-0.05, 0) is 25.5 Å². The fourth-order valence-corrected chi connectivity index (χ4v) is 3.78. The van der Waals surface area contributed by atoms with Crippen molar-refractivity contribution in [1.82, 2.24) is 19.9 Å². The van der Waals surface area contributed by atoms with Crippen molar-refractivity contribution in [2.24, 2.45) is 0 Å². The van der Waals surface area contributed by atoms with Crippen LogP contribution in [0.25, 0.3) is 0 Å². The van der Waals surface area contributed by atoms with Crippen molar-refractivity contribution in [3.63, 3.8) is 0 Å². The summed E-state index contributed by atoms with van der Waals surface area (Å²) in [6.07, 6.45) is 7.25. The van der Waals surface area contributed by atoms with Crippen LogP contribution in [0.15, 0.2) is 36.8 Å². The van der Waals surface area contributed by atoms with Gasteiger partial charge in [-0.3, -0.25) is 14.9 Å². The third-order valence-corrected chi connectivity index (χ3v) is 4.85. The number of aromatic nitrogens is 3. The van der Waals surface area contributed by atoms with E-state index in [1.54, 1.807) is 18.6 Å². The molecule has 4 rings (SSSR count). The van der Waals surface area contributed by atoms with Gasteiger partial charge in [-0.25, -0.2) is 4.98 Å². The Balaban J connectivity index is 1.34. The molecule has 6 heteroatoms. The number of aryl methyl sites for hydroxylation is 1. The number of hydrogen-bond donors (Lipinski definition) is 1. The summed E-state index contributed by atoms with van der Waals surface area (Å²) in [5.74, 6) is 0.821. The van der Waals surface area contributed by atoms with Gasteiger partial charge in [0.2, 0.25) is 0 Å². The summed E-state index contributed by atoms with van der Waals surface area (Å²) in [5.41, 5.74) is 2.19. The quantitative estimate of drug-likeness (QED) is 0.928. The third kappa shape index (κ3) is 3.39. The lowest BCUT2D eigenvalue weighted by atomic mass is 9.97.